The largest absolute Gasteiger partial charge is 0.385 e. The molecule has 0 spiro atoms. The Morgan fingerprint density at radius 1 is 1.14 bits per heavy atom. The average molecular weight is 315 g/mol. The maximum atomic E-state index is 12.4. The van der Waals surface area contributed by atoms with Gasteiger partial charge in [-0.05, 0) is 61.3 Å². The summed E-state index contributed by atoms with van der Waals surface area (Å²) in [5.41, 5.74) is 0.783. The molecule has 3 nitrogen and oxygen atoms in total. The summed E-state index contributed by atoms with van der Waals surface area (Å²) in [6.45, 7) is 0.877. The number of halogens is 2. The minimum absolute atomic E-state index is 0.331. The summed E-state index contributed by atoms with van der Waals surface area (Å²) in [7, 11) is -4.49. The number of nitrogens with one attached hydrogen (secondary N) is 1. The fraction of sp³-hybridized carbons (Fsp3) is 0.600. The van der Waals surface area contributed by atoms with E-state index >= 15 is 0 Å². The van der Waals surface area contributed by atoms with Crippen molar-refractivity contribution < 1.29 is 17.2 Å². The van der Waals surface area contributed by atoms with Crippen LogP contribution in [-0.4, -0.2) is 20.7 Å². The van der Waals surface area contributed by atoms with E-state index < -0.39 is 15.6 Å². The SMILES string of the molecule is O=S(=O)(c1ccc(NCC2CC3CCC2C3)cc1)C(F)F. The van der Waals surface area contributed by atoms with Crippen molar-refractivity contribution in [2.24, 2.45) is 17.8 Å². The van der Waals surface area contributed by atoms with Crippen LogP contribution in [0.15, 0.2) is 29.2 Å². The van der Waals surface area contributed by atoms with Crippen molar-refractivity contribution in [2.45, 2.75) is 36.3 Å². The molecule has 3 rings (SSSR count). The molecule has 0 radical (unpaired) electrons. The van der Waals surface area contributed by atoms with Crippen molar-refractivity contribution in [2.75, 3.05) is 11.9 Å². The summed E-state index contributed by atoms with van der Waals surface area (Å²) in [5, 5.41) is 3.30. The Morgan fingerprint density at radius 2 is 1.86 bits per heavy atom. The summed E-state index contributed by atoms with van der Waals surface area (Å²) < 4.78 is 47.5. The molecule has 0 aromatic heterocycles. The van der Waals surface area contributed by atoms with E-state index in [1.54, 1.807) is 12.1 Å². The van der Waals surface area contributed by atoms with E-state index in [1.165, 1.54) is 37.8 Å². The van der Waals surface area contributed by atoms with Gasteiger partial charge in [0.1, 0.15) is 0 Å². The minimum atomic E-state index is -4.49. The van der Waals surface area contributed by atoms with Crippen LogP contribution in [0.2, 0.25) is 0 Å². The van der Waals surface area contributed by atoms with Crippen LogP contribution in [0.5, 0.6) is 0 Å². The van der Waals surface area contributed by atoms with Gasteiger partial charge in [0, 0.05) is 12.2 Å². The van der Waals surface area contributed by atoms with Crippen molar-refractivity contribution in [1.82, 2.24) is 0 Å². The van der Waals surface area contributed by atoms with Gasteiger partial charge in [-0.1, -0.05) is 6.42 Å². The maximum absolute atomic E-state index is 12.4. The molecule has 1 aromatic rings. The monoisotopic (exact) mass is 315 g/mol. The van der Waals surface area contributed by atoms with E-state index in [-0.39, 0.29) is 4.90 Å². The van der Waals surface area contributed by atoms with Crippen molar-refractivity contribution in [3.8, 4) is 0 Å². The van der Waals surface area contributed by atoms with Gasteiger partial charge in [-0.25, -0.2) is 8.42 Å². The molecule has 0 heterocycles. The van der Waals surface area contributed by atoms with Crippen LogP contribution in [0.25, 0.3) is 0 Å². The molecule has 0 aliphatic heterocycles. The fourth-order valence-electron chi connectivity index (χ4n) is 3.74. The van der Waals surface area contributed by atoms with Crippen molar-refractivity contribution >= 4 is 15.5 Å². The summed E-state index contributed by atoms with van der Waals surface area (Å²) >= 11 is 0. The van der Waals surface area contributed by atoms with Crippen LogP contribution in [0.3, 0.4) is 0 Å². The van der Waals surface area contributed by atoms with Crippen molar-refractivity contribution in [3.05, 3.63) is 24.3 Å². The zero-order valence-electron chi connectivity index (χ0n) is 11.6. The normalized spacial score (nSPS) is 28.2. The van der Waals surface area contributed by atoms with Gasteiger partial charge in [0.25, 0.3) is 0 Å². The summed E-state index contributed by atoms with van der Waals surface area (Å²) in [4.78, 5) is -0.331. The predicted octanol–water partition coefficient (Wildman–Crippen LogP) is 3.53. The first-order chi connectivity index (χ1) is 9.96. The Labute approximate surface area is 123 Å². The van der Waals surface area contributed by atoms with E-state index in [1.807, 2.05) is 0 Å². The predicted molar refractivity (Wildman–Crippen MR) is 77.1 cm³/mol. The molecule has 2 saturated carbocycles. The molecule has 3 atom stereocenters. The van der Waals surface area contributed by atoms with Gasteiger partial charge >= 0.3 is 5.76 Å². The number of alkyl halides is 2. The van der Waals surface area contributed by atoms with Crippen molar-refractivity contribution in [1.29, 1.82) is 0 Å². The van der Waals surface area contributed by atoms with Crippen LogP contribution < -0.4 is 5.32 Å². The zero-order chi connectivity index (χ0) is 15.0. The molecule has 1 aromatic carbocycles. The molecule has 2 aliphatic rings. The molecule has 6 heteroatoms. The van der Waals surface area contributed by atoms with Crippen LogP contribution in [0.1, 0.15) is 25.7 Å². The van der Waals surface area contributed by atoms with E-state index in [9.17, 15) is 17.2 Å². The van der Waals surface area contributed by atoms with Crippen LogP contribution in [0, 0.1) is 17.8 Å². The minimum Gasteiger partial charge on any atom is -0.385 e. The van der Waals surface area contributed by atoms with E-state index in [4.69, 9.17) is 0 Å². The standard InChI is InChI=1S/C15H19F2NO2S/c16-15(17)21(19,20)14-5-3-13(4-6-14)18-9-12-8-10-1-2-11(12)7-10/h3-6,10-12,15,18H,1-2,7-9H2. The number of fused-ring (bicyclic) bond motifs is 2. The number of rotatable bonds is 5. The lowest BCUT2D eigenvalue weighted by Gasteiger charge is -2.22. The van der Waals surface area contributed by atoms with Crippen LogP contribution in [-0.2, 0) is 9.84 Å². The van der Waals surface area contributed by atoms with Gasteiger partial charge in [0.15, 0.2) is 0 Å². The number of hydrogen-bond donors (Lipinski definition) is 1. The topological polar surface area (TPSA) is 46.2 Å². The number of anilines is 1. The molecule has 1 N–H and O–H groups in total. The molecule has 21 heavy (non-hydrogen) atoms. The second-order valence-electron chi connectivity index (χ2n) is 6.15. The van der Waals surface area contributed by atoms with E-state index in [0.717, 1.165) is 24.1 Å². The Bertz CT molecular complexity index is 601. The summed E-state index contributed by atoms with van der Waals surface area (Å²) in [6.07, 6.45) is 5.30. The summed E-state index contributed by atoms with van der Waals surface area (Å²) in [6, 6.07) is 5.60. The third-order valence-electron chi connectivity index (χ3n) is 4.87. The smallest absolute Gasteiger partial charge is 0.341 e. The Kier molecular flexibility index (Phi) is 3.90. The van der Waals surface area contributed by atoms with Gasteiger partial charge in [0.05, 0.1) is 4.90 Å². The van der Waals surface area contributed by atoms with E-state index in [0.29, 0.717) is 5.92 Å². The first-order valence-electron chi connectivity index (χ1n) is 7.33. The lowest BCUT2D eigenvalue weighted by atomic mass is 9.89. The van der Waals surface area contributed by atoms with E-state index in [2.05, 4.69) is 5.32 Å². The highest BCUT2D eigenvalue weighted by Crippen LogP contribution is 2.48. The fourth-order valence-corrected chi connectivity index (χ4v) is 4.46. The average Bonchev–Trinajstić information content (AvgIpc) is 3.08. The molecule has 2 bridgehead atoms. The molecule has 2 aliphatic carbocycles. The molecule has 116 valence electrons. The molecular formula is C15H19F2NO2S. The zero-order valence-corrected chi connectivity index (χ0v) is 12.5. The third kappa shape index (κ3) is 2.91. The Hall–Kier alpha value is -1.17. The van der Waals surface area contributed by atoms with Gasteiger partial charge in [-0.3, -0.25) is 0 Å². The first-order valence-corrected chi connectivity index (χ1v) is 8.87. The Balaban J connectivity index is 1.60. The summed E-state index contributed by atoms with van der Waals surface area (Å²) in [5.74, 6) is -0.972. The second-order valence-corrected chi connectivity index (χ2v) is 8.06. The highest BCUT2D eigenvalue weighted by Gasteiger charge is 2.39. The van der Waals surface area contributed by atoms with Crippen LogP contribution >= 0.6 is 0 Å². The molecule has 0 saturated heterocycles. The number of hydrogen-bond acceptors (Lipinski definition) is 3. The van der Waals surface area contributed by atoms with Gasteiger partial charge in [-0.15, -0.1) is 0 Å². The highest BCUT2D eigenvalue weighted by atomic mass is 32.2. The second kappa shape index (κ2) is 5.55. The number of sulfone groups is 1. The molecule has 0 amide bonds. The molecule has 3 unspecified atom stereocenters. The number of benzene rings is 1. The maximum Gasteiger partial charge on any atom is 0.341 e. The molecular weight excluding hydrogens is 296 g/mol. The lowest BCUT2D eigenvalue weighted by Crippen LogP contribution is -2.20. The van der Waals surface area contributed by atoms with Crippen LogP contribution in [0.4, 0.5) is 14.5 Å². The lowest BCUT2D eigenvalue weighted by molar-refractivity contribution is 0.234. The Morgan fingerprint density at radius 3 is 2.38 bits per heavy atom. The van der Waals surface area contributed by atoms with Gasteiger partial charge < -0.3 is 5.32 Å². The first kappa shape index (κ1) is 14.8. The van der Waals surface area contributed by atoms with Gasteiger partial charge in [-0.2, -0.15) is 8.78 Å². The van der Waals surface area contributed by atoms with Gasteiger partial charge in [0.2, 0.25) is 9.84 Å². The quantitative estimate of drug-likeness (QED) is 0.904. The van der Waals surface area contributed by atoms with Crippen molar-refractivity contribution in [3.63, 3.8) is 0 Å². The highest BCUT2D eigenvalue weighted by molar-refractivity contribution is 7.91. The third-order valence-corrected chi connectivity index (χ3v) is 6.27. The molecule has 2 fully saturated rings.